The molecule has 7 heavy (non-hydrogen) atoms. The average Bonchev–Trinajstić information content (AvgIpc) is 2.21. The summed E-state index contributed by atoms with van der Waals surface area (Å²) in [4.78, 5) is 9.31. The van der Waals surface area contributed by atoms with E-state index in [9.17, 15) is 0 Å². The molecule has 42 valence electrons. The van der Waals surface area contributed by atoms with Crippen molar-refractivity contribution in [3.8, 4) is 0 Å². The molecule has 1 fully saturated rings. The van der Waals surface area contributed by atoms with Gasteiger partial charge in [-0.15, -0.1) is 0 Å². The van der Waals surface area contributed by atoms with Crippen molar-refractivity contribution in [2.24, 2.45) is 5.92 Å². The molecule has 0 spiro atoms. The lowest BCUT2D eigenvalue weighted by atomic mass is 10.1. The maximum absolute atomic E-state index is 4.66. The van der Waals surface area contributed by atoms with E-state index in [1.807, 2.05) is 6.92 Å². The molecular weight excluding hydrogens is 92.1 g/mol. The Labute approximate surface area is 43.3 Å². The summed E-state index contributed by atoms with van der Waals surface area (Å²) in [5.41, 5.74) is 0. The third-order valence-electron chi connectivity index (χ3n) is 1.39. The maximum atomic E-state index is 4.66. The van der Waals surface area contributed by atoms with Gasteiger partial charge in [-0.2, -0.15) is 9.78 Å². The van der Waals surface area contributed by atoms with E-state index >= 15 is 0 Å². The predicted octanol–water partition coefficient (Wildman–Crippen LogP) is 1.32. The molecule has 1 rings (SSSR count). The van der Waals surface area contributed by atoms with Gasteiger partial charge in [0.05, 0.1) is 0 Å². The lowest BCUT2D eigenvalue weighted by Gasteiger charge is -2.00. The topological polar surface area (TPSA) is 25.1 Å². The molecule has 2 nitrogen and oxygen atoms in total. The summed E-state index contributed by atoms with van der Waals surface area (Å²) in [7, 11) is 0. The summed E-state index contributed by atoms with van der Waals surface area (Å²) in [6.07, 6.45) is 0. The van der Waals surface area contributed by atoms with Gasteiger partial charge in [-0.25, -0.2) is 0 Å². The van der Waals surface area contributed by atoms with Crippen molar-refractivity contribution in [2.75, 3.05) is 0 Å². The molecule has 0 aromatic rings. The minimum Gasteiger partial charge on any atom is -0.195 e. The number of hydrogen-bond donors (Lipinski definition) is 0. The molecule has 0 amide bonds. The highest BCUT2D eigenvalue weighted by molar-refractivity contribution is 4.70. The lowest BCUT2D eigenvalue weighted by Crippen LogP contribution is -2.11. The lowest BCUT2D eigenvalue weighted by molar-refractivity contribution is 0.0850. The monoisotopic (exact) mass is 102 g/mol. The summed E-state index contributed by atoms with van der Waals surface area (Å²) < 4.78 is 0. The van der Waals surface area contributed by atoms with Crippen LogP contribution in [0.5, 0.6) is 0 Å². The molecule has 0 aromatic heterocycles. The average molecular weight is 102 g/mol. The first kappa shape index (κ1) is 5.06. The van der Waals surface area contributed by atoms with Crippen LogP contribution in [0, 0.1) is 5.92 Å². The molecule has 2 heteroatoms. The highest BCUT2D eigenvalue weighted by atomic mass is 17.4. The molecule has 0 N–H and O–H groups in total. The van der Waals surface area contributed by atoms with Crippen LogP contribution >= 0.6 is 0 Å². The standard InChI is InChI=1S/C5H10O2/c1-4(2)5(3)6-7-5/h4H,1-3H3. The van der Waals surface area contributed by atoms with Gasteiger partial charge in [-0.05, 0) is 6.92 Å². The molecule has 0 saturated carbocycles. The fourth-order valence-corrected chi connectivity index (χ4v) is 0.258. The Balaban J connectivity index is 2.39. The van der Waals surface area contributed by atoms with Gasteiger partial charge < -0.3 is 0 Å². The molecule has 0 aromatic carbocycles. The van der Waals surface area contributed by atoms with E-state index in [0.29, 0.717) is 5.92 Å². The molecule has 0 atom stereocenters. The fraction of sp³-hybridized carbons (Fsp3) is 1.00. The summed E-state index contributed by atoms with van der Waals surface area (Å²) in [5.74, 6) is 0.215. The van der Waals surface area contributed by atoms with Crippen LogP contribution in [0.4, 0.5) is 0 Å². The highest BCUT2D eigenvalue weighted by Crippen LogP contribution is 2.35. The largest absolute Gasteiger partial charge is 0.233 e. The van der Waals surface area contributed by atoms with Crippen molar-refractivity contribution >= 4 is 0 Å². The zero-order valence-corrected chi connectivity index (χ0v) is 4.89. The van der Waals surface area contributed by atoms with Crippen LogP contribution in [0.3, 0.4) is 0 Å². The third kappa shape index (κ3) is 0.763. The number of hydrogen-bond acceptors (Lipinski definition) is 2. The maximum Gasteiger partial charge on any atom is 0.233 e. The molecule has 1 saturated heterocycles. The first-order valence-corrected chi connectivity index (χ1v) is 2.52. The Morgan fingerprint density at radius 1 is 1.29 bits per heavy atom. The van der Waals surface area contributed by atoms with Crippen LogP contribution in [0.2, 0.25) is 0 Å². The summed E-state index contributed by atoms with van der Waals surface area (Å²) >= 11 is 0. The van der Waals surface area contributed by atoms with Gasteiger partial charge in [-0.1, -0.05) is 13.8 Å². The fourth-order valence-electron chi connectivity index (χ4n) is 0.258. The first-order chi connectivity index (χ1) is 3.15. The van der Waals surface area contributed by atoms with Crippen molar-refractivity contribution in [1.29, 1.82) is 0 Å². The summed E-state index contributed by atoms with van der Waals surface area (Å²) in [6.45, 7) is 6.05. The van der Waals surface area contributed by atoms with Gasteiger partial charge in [0.15, 0.2) is 0 Å². The van der Waals surface area contributed by atoms with Crippen LogP contribution in [-0.2, 0) is 9.78 Å². The third-order valence-corrected chi connectivity index (χ3v) is 1.39. The zero-order valence-electron chi connectivity index (χ0n) is 4.89. The smallest absolute Gasteiger partial charge is 0.195 e. The Morgan fingerprint density at radius 3 is 1.71 bits per heavy atom. The molecular formula is C5H10O2. The second kappa shape index (κ2) is 1.20. The molecule has 1 aliphatic rings. The van der Waals surface area contributed by atoms with E-state index in [0.717, 1.165) is 0 Å². The van der Waals surface area contributed by atoms with Gasteiger partial charge in [0.1, 0.15) is 0 Å². The Hall–Kier alpha value is -0.0800. The highest BCUT2D eigenvalue weighted by Gasteiger charge is 2.46. The van der Waals surface area contributed by atoms with E-state index in [-0.39, 0.29) is 5.79 Å². The normalized spacial score (nSPS) is 25.7. The van der Waals surface area contributed by atoms with Crippen molar-refractivity contribution in [3.63, 3.8) is 0 Å². The van der Waals surface area contributed by atoms with Crippen LogP contribution < -0.4 is 0 Å². The molecule has 0 unspecified atom stereocenters. The Bertz CT molecular complexity index is 74.1. The Morgan fingerprint density at radius 2 is 1.71 bits per heavy atom. The van der Waals surface area contributed by atoms with Crippen molar-refractivity contribution < 1.29 is 9.78 Å². The number of rotatable bonds is 1. The summed E-state index contributed by atoms with van der Waals surface area (Å²) in [5, 5.41) is 0. The van der Waals surface area contributed by atoms with Gasteiger partial charge in [0, 0.05) is 5.92 Å². The van der Waals surface area contributed by atoms with Crippen molar-refractivity contribution in [2.45, 2.75) is 26.6 Å². The van der Waals surface area contributed by atoms with Gasteiger partial charge in [-0.3, -0.25) is 0 Å². The predicted molar refractivity (Wildman–Crippen MR) is 25.4 cm³/mol. The zero-order chi connectivity index (χ0) is 5.49. The minimum atomic E-state index is -0.250. The second-order valence-corrected chi connectivity index (χ2v) is 2.34. The summed E-state index contributed by atoms with van der Waals surface area (Å²) in [6, 6.07) is 0. The van der Waals surface area contributed by atoms with E-state index in [1.54, 1.807) is 0 Å². The SMILES string of the molecule is CC(C)C1(C)OO1. The molecule has 0 aliphatic carbocycles. The molecule has 1 aliphatic heterocycles. The van der Waals surface area contributed by atoms with Gasteiger partial charge >= 0.3 is 0 Å². The molecule has 0 bridgehead atoms. The second-order valence-electron chi connectivity index (χ2n) is 2.34. The Kier molecular flexibility index (Phi) is 0.869. The van der Waals surface area contributed by atoms with Crippen molar-refractivity contribution in [1.82, 2.24) is 0 Å². The minimum absolute atomic E-state index is 0.250. The molecule has 1 heterocycles. The van der Waals surface area contributed by atoms with E-state index in [1.165, 1.54) is 0 Å². The van der Waals surface area contributed by atoms with E-state index in [4.69, 9.17) is 0 Å². The van der Waals surface area contributed by atoms with Crippen LogP contribution in [0.1, 0.15) is 20.8 Å². The van der Waals surface area contributed by atoms with E-state index in [2.05, 4.69) is 23.6 Å². The van der Waals surface area contributed by atoms with Gasteiger partial charge in [0.2, 0.25) is 5.79 Å². The van der Waals surface area contributed by atoms with Crippen LogP contribution in [-0.4, -0.2) is 5.79 Å². The first-order valence-electron chi connectivity index (χ1n) is 2.52. The van der Waals surface area contributed by atoms with Gasteiger partial charge in [0.25, 0.3) is 0 Å². The van der Waals surface area contributed by atoms with E-state index < -0.39 is 0 Å². The van der Waals surface area contributed by atoms with Crippen LogP contribution in [0.25, 0.3) is 0 Å². The van der Waals surface area contributed by atoms with Crippen LogP contribution in [0.15, 0.2) is 0 Å². The molecule has 0 radical (unpaired) electrons. The quantitative estimate of drug-likeness (QED) is 0.368. The van der Waals surface area contributed by atoms with Crippen molar-refractivity contribution in [3.05, 3.63) is 0 Å².